The van der Waals surface area contributed by atoms with Gasteiger partial charge in [0.25, 0.3) is 0 Å². The lowest BCUT2D eigenvalue weighted by molar-refractivity contribution is -0.136. The highest BCUT2D eigenvalue weighted by Gasteiger charge is 2.14. The Morgan fingerprint density at radius 1 is 1.08 bits per heavy atom. The molecule has 0 saturated carbocycles. The van der Waals surface area contributed by atoms with Crippen molar-refractivity contribution in [3.05, 3.63) is 53.8 Å². The fourth-order valence-electron chi connectivity index (χ4n) is 1.96. The number of nitrogens with one attached hydrogen (secondary N) is 2. The van der Waals surface area contributed by atoms with Crippen LogP contribution in [-0.4, -0.2) is 24.8 Å². The molecule has 1 heterocycles. The van der Waals surface area contributed by atoms with E-state index in [1.165, 1.54) is 24.4 Å². The van der Waals surface area contributed by atoms with Crippen molar-refractivity contribution in [3.8, 4) is 11.5 Å². The molecule has 122 valence electrons. The van der Waals surface area contributed by atoms with Crippen LogP contribution in [0.15, 0.2) is 47.6 Å². The molecule has 2 amide bonds. The zero-order valence-electron chi connectivity index (χ0n) is 12.3. The lowest BCUT2D eigenvalue weighted by Crippen LogP contribution is -2.32. The number of benzene rings is 2. The molecular formula is C16H12FN3O4. The largest absolute Gasteiger partial charge is 0.454 e. The van der Waals surface area contributed by atoms with E-state index in [4.69, 9.17) is 9.47 Å². The second-order valence-corrected chi connectivity index (χ2v) is 4.78. The molecule has 0 saturated heterocycles. The van der Waals surface area contributed by atoms with Gasteiger partial charge >= 0.3 is 11.8 Å². The topological polar surface area (TPSA) is 89.0 Å². The molecule has 1 aliphatic heterocycles. The number of ether oxygens (including phenoxy) is 2. The standard InChI is InChI=1S/C16H12FN3O4/c17-11-2-1-3-12(7-11)19-15(21)16(22)20-18-8-10-4-5-13-14(6-10)24-9-23-13/h1-8H,9H2,(H,19,21)(H,20,22)/b18-8+. The summed E-state index contributed by atoms with van der Waals surface area (Å²) in [5, 5.41) is 5.96. The molecule has 0 bridgehead atoms. The van der Waals surface area contributed by atoms with Gasteiger partial charge in [-0.15, -0.1) is 0 Å². The summed E-state index contributed by atoms with van der Waals surface area (Å²) in [6, 6.07) is 10.3. The first-order valence-electron chi connectivity index (χ1n) is 6.91. The maximum atomic E-state index is 13.0. The number of fused-ring (bicyclic) bond motifs is 1. The van der Waals surface area contributed by atoms with E-state index in [0.29, 0.717) is 17.1 Å². The highest BCUT2D eigenvalue weighted by molar-refractivity contribution is 6.39. The van der Waals surface area contributed by atoms with Crippen molar-refractivity contribution in [2.45, 2.75) is 0 Å². The van der Waals surface area contributed by atoms with Crippen molar-refractivity contribution in [2.24, 2.45) is 5.10 Å². The molecule has 0 fully saturated rings. The van der Waals surface area contributed by atoms with Gasteiger partial charge in [-0.05, 0) is 42.0 Å². The van der Waals surface area contributed by atoms with E-state index in [0.717, 1.165) is 6.07 Å². The van der Waals surface area contributed by atoms with Gasteiger partial charge < -0.3 is 14.8 Å². The molecule has 0 radical (unpaired) electrons. The summed E-state index contributed by atoms with van der Waals surface area (Å²) in [5.74, 6) is -1.24. The van der Waals surface area contributed by atoms with Crippen LogP contribution in [-0.2, 0) is 9.59 Å². The number of rotatable bonds is 3. The molecule has 0 spiro atoms. The van der Waals surface area contributed by atoms with Crippen molar-refractivity contribution in [1.82, 2.24) is 5.43 Å². The molecule has 1 aliphatic rings. The summed E-state index contributed by atoms with van der Waals surface area (Å²) in [5.41, 5.74) is 2.92. The van der Waals surface area contributed by atoms with Crippen LogP contribution in [0.2, 0.25) is 0 Å². The number of hydrogen-bond donors (Lipinski definition) is 2. The Bertz CT molecular complexity index is 823. The maximum absolute atomic E-state index is 13.0. The molecule has 0 aliphatic carbocycles. The number of hydrogen-bond acceptors (Lipinski definition) is 5. The second kappa shape index (κ2) is 6.78. The summed E-state index contributed by atoms with van der Waals surface area (Å²) >= 11 is 0. The van der Waals surface area contributed by atoms with Gasteiger partial charge in [-0.25, -0.2) is 9.82 Å². The third-order valence-corrected chi connectivity index (χ3v) is 3.07. The third kappa shape index (κ3) is 3.67. The molecule has 2 aromatic rings. The number of anilines is 1. The monoisotopic (exact) mass is 329 g/mol. The Morgan fingerprint density at radius 2 is 1.92 bits per heavy atom. The SMILES string of the molecule is O=C(N/N=C/c1ccc2c(c1)OCO2)C(=O)Nc1cccc(F)c1. The van der Waals surface area contributed by atoms with Crippen LogP contribution < -0.4 is 20.2 Å². The van der Waals surface area contributed by atoms with Crippen LogP contribution in [0, 0.1) is 5.82 Å². The molecule has 7 nitrogen and oxygen atoms in total. The number of carbonyl (C=O) groups is 2. The Kier molecular flexibility index (Phi) is 4.37. The summed E-state index contributed by atoms with van der Waals surface area (Å²) < 4.78 is 23.4. The summed E-state index contributed by atoms with van der Waals surface area (Å²) in [4.78, 5) is 23.3. The third-order valence-electron chi connectivity index (χ3n) is 3.07. The predicted molar refractivity (Wildman–Crippen MR) is 83.3 cm³/mol. The van der Waals surface area contributed by atoms with Gasteiger partial charge in [-0.1, -0.05) is 6.07 Å². The highest BCUT2D eigenvalue weighted by atomic mass is 19.1. The maximum Gasteiger partial charge on any atom is 0.329 e. The van der Waals surface area contributed by atoms with Gasteiger partial charge in [-0.2, -0.15) is 5.10 Å². The molecule has 0 atom stereocenters. The number of hydrazone groups is 1. The Hall–Kier alpha value is -3.42. The van der Waals surface area contributed by atoms with E-state index >= 15 is 0 Å². The minimum absolute atomic E-state index is 0.160. The molecule has 0 aromatic heterocycles. The first-order valence-corrected chi connectivity index (χ1v) is 6.91. The van der Waals surface area contributed by atoms with Crippen molar-refractivity contribution in [3.63, 3.8) is 0 Å². The summed E-state index contributed by atoms with van der Waals surface area (Å²) in [6.07, 6.45) is 1.36. The highest BCUT2D eigenvalue weighted by Crippen LogP contribution is 2.31. The van der Waals surface area contributed by atoms with Crippen LogP contribution in [0.4, 0.5) is 10.1 Å². The second-order valence-electron chi connectivity index (χ2n) is 4.78. The Labute approximate surface area is 136 Å². The lowest BCUT2D eigenvalue weighted by atomic mass is 10.2. The minimum atomic E-state index is -0.976. The van der Waals surface area contributed by atoms with Crippen molar-refractivity contribution in [2.75, 3.05) is 12.1 Å². The Morgan fingerprint density at radius 3 is 2.75 bits per heavy atom. The van der Waals surface area contributed by atoms with E-state index in [1.807, 2.05) is 0 Å². The van der Waals surface area contributed by atoms with Crippen molar-refractivity contribution in [1.29, 1.82) is 0 Å². The average Bonchev–Trinajstić information content (AvgIpc) is 3.02. The molecular weight excluding hydrogens is 317 g/mol. The molecule has 0 unspecified atom stereocenters. The van der Waals surface area contributed by atoms with Crippen molar-refractivity contribution < 1.29 is 23.5 Å². The van der Waals surface area contributed by atoms with Gasteiger partial charge in [0.15, 0.2) is 11.5 Å². The van der Waals surface area contributed by atoms with E-state index in [1.54, 1.807) is 18.2 Å². The summed E-state index contributed by atoms with van der Waals surface area (Å²) in [6.45, 7) is 0.160. The van der Waals surface area contributed by atoms with Crippen molar-refractivity contribution >= 4 is 23.7 Å². The van der Waals surface area contributed by atoms with E-state index in [-0.39, 0.29) is 12.5 Å². The van der Waals surface area contributed by atoms with Crippen LogP contribution in [0.3, 0.4) is 0 Å². The van der Waals surface area contributed by atoms with Crippen LogP contribution in [0.1, 0.15) is 5.56 Å². The summed E-state index contributed by atoms with van der Waals surface area (Å²) in [7, 11) is 0. The van der Waals surface area contributed by atoms with Crippen LogP contribution >= 0.6 is 0 Å². The number of halogens is 1. The lowest BCUT2D eigenvalue weighted by Gasteiger charge is -2.03. The molecule has 2 aromatic carbocycles. The molecule has 2 N–H and O–H groups in total. The van der Waals surface area contributed by atoms with Gasteiger partial charge in [0.2, 0.25) is 6.79 Å². The molecule has 8 heteroatoms. The number of carbonyl (C=O) groups excluding carboxylic acids is 2. The fourth-order valence-corrected chi connectivity index (χ4v) is 1.96. The first-order chi connectivity index (χ1) is 11.6. The molecule has 24 heavy (non-hydrogen) atoms. The van der Waals surface area contributed by atoms with E-state index in [2.05, 4.69) is 15.8 Å². The van der Waals surface area contributed by atoms with E-state index in [9.17, 15) is 14.0 Å². The normalized spacial score (nSPS) is 12.2. The van der Waals surface area contributed by atoms with Crippen LogP contribution in [0.25, 0.3) is 0 Å². The van der Waals surface area contributed by atoms with Gasteiger partial charge in [-0.3, -0.25) is 9.59 Å². The van der Waals surface area contributed by atoms with Gasteiger partial charge in [0.05, 0.1) is 6.21 Å². The first kappa shape index (κ1) is 15.5. The van der Waals surface area contributed by atoms with Gasteiger partial charge in [0.1, 0.15) is 5.82 Å². The zero-order valence-corrected chi connectivity index (χ0v) is 12.3. The Balaban J connectivity index is 1.55. The molecule has 3 rings (SSSR count). The predicted octanol–water partition coefficient (Wildman–Crippen LogP) is 1.64. The number of nitrogens with zero attached hydrogens (tertiary/aromatic N) is 1. The smallest absolute Gasteiger partial charge is 0.329 e. The van der Waals surface area contributed by atoms with Gasteiger partial charge in [0, 0.05) is 5.69 Å². The zero-order chi connectivity index (χ0) is 16.9. The number of amides is 2. The van der Waals surface area contributed by atoms with Crippen LogP contribution in [0.5, 0.6) is 11.5 Å². The quantitative estimate of drug-likeness (QED) is 0.509. The average molecular weight is 329 g/mol. The fraction of sp³-hybridized carbons (Fsp3) is 0.0625. The minimum Gasteiger partial charge on any atom is -0.454 e. The van der Waals surface area contributed by atoms with E-state index < -0.39 is 17.6 Å².